The average molecular weight is 383 g/mol. The van der Waals surface area contributed by atoms with Gasteiger partial charge >= 0.3 is 0 Å². The molecule has 2 atom stereocenters. The van der Waals surface area contributed by atoms with E-state index in [1.165, 1.54) is 0 Å². The highest BCUT2D eigenvalue weighted by atomic mass is 16.5. The smallest absolute Gasteiger partial charge is 0.188 e. The quantitative estimate of drug-likeness (QED) is 0.474. The first-order valence-electron chi connectivity index (χ1n) is 9.91. The zero-order valence-electron chi connectivity index (χ0n) is 16.2. The predicted molar refractivity (Wildman–Crippen MR) is 112 cm³/mol. The number of hydrogen-bond acceptors (Lipinski definition) is 4. The maximum Gasteiger partial charge on any atom is 0.188 e. The molecule has 6 heteroatoms. The first-order chi connectivity index (χ1) is 14.2. The van der Waals surface area contributed by atoms with Gasteiger partial charge in [0.05, 0.1) is 29.9 Å². The molecule has 4 heterocycles. The molecule has 0 saturated carbocycles. The van der Waals surface area contributed by atoms with Crippen molar-refractivity contribution in [2.75, 3.05) is 6.61 Å². The van der Waals surface area contributed by atoms with Crippen LogP contribution < -0.4 is 0 Å². The topological polar surface area (TPSA) is 57.2 Å². The van der Waals surface area contributed by atoms with Crippen molar-refractivity contribution >= 4 is 27.6 Å². The molecule has 0 bridgehead atoms. The molecule has 0 amide bonds. The second-order valence-corrected chi connectivity index (χ2v) is 7.56. The molecule has 1 aliphatic rings. The number of hydrogen-bond donors (Lipinski definition) is 0. The van der Waals surface area contributed by atoms with Gasteiger partial charge in [0.1, 0.15) is 11.3 Å². The molecule has 1 fully saturated rings. The molecule has 6 nitrogen and oxygen atoms in total. The van der Waals surface area contributed by atoms with E-state index in [2.05, 4.69) is 26.3 Å². The van der Waals surface area contributed by atoms with E-state index in [1.807, 2.05) is 48.8 Å². The second-order valence-electron chi connectivity index (χ2n) is 7.56. The van der Waals surface area contributed by atoms with Crippen LogP contribution in [0.1, 0.15) is 37.3 Å². The highest BCUT2D eigenvalue weighted by Crippen LogP contribution is 2.35. The summed E-state index contributed by atoms with van der Waals surface area (Å²) in [6.45, 7) is 10.3. The van der Waals surface area contributed by atoms with Crippen LogP contribution in [0.15, 0.2) is 48.8 Å². The first-order valence-corrected chi connectivity index (χ1v) is 9.91. The summed E-state index contributed by atoms with van der Waals surface area (Å²) in [5, 5.41) is 0.981. The first kappa shape index (κ1) is 17.8. The lowest BCUT2D eigenvalue weighted by Gasteiger charge is -2.30. The Kier molecular flexibility index (Phi) is 4.45. The van der Waals surface area contributed by atoms with Crippen LogP contribution in [0.3, 0.4) is 0 Å². The van der Waals surface area contributed by atoms with Crippen LogP contribution in [-0.2, 0) is 11.2 Å². The van der Waals surface area contributed by atoms with Crippen molar-refractivity contribution in [3.05, 3.63) is 71.7 Å². The predicted octanol–water partition coefficient (Wildman–Crippen LogP) is 4.86. The van der Waals surface area contributed by atoms with Gasteiger partial charge in [-0.25, -0.2) is 9.83 Å². The SMILES string of the molecule is [C-]#[N+]c1ccc2ncc3nc(Cc4ccccn4)n([C@@H]4CCO[C@H](C)C4)c3c2c1. The van der Waals surface area contributed by atoms with Gasteiger partial charge in [0.25, 0.3) is 0 Å². The molecule has 0 spiro atoms. The van der Waals surface area contributed by atoms with Gasteiger partial charge in [-0.1, -0.05) is 12.1 Å². The van der Waals surface area contributed by atoms with Crippen molar-refractivity contribution in [1.29, 1.82) is 0 Å². The minimum Gasteiger partial charge on any atom is -0.378 e. The molecule has 144 valence electrons. The largest absolute Gasteiger partial charge is 0.378 e. The highest BCUT2D eigenvalue weighted by molar-refractivity contribution is 6.03. The standard InChI is InChI=1S/C23H21N5O/c1-15-11-18(8-10-29-15)28-22(13-17-5-3-4-9-25-17)27-21-14-26-20-7-6-16(24-2)12-19(20)23(21)28/h3-7,9,12,14-15,18H,8,10-11,13H2,1H3/t15-,18-/m1/s1. The highest BCUT2D eigenvalue weighted by Gasteiger charge is 2.26. The number of fused-ring (bicyclic) bond motifs is 3. The summed E-state index contributed by atoms with van der Waals surface area (Å²) in [5.41, 5.74) is 4.42. The van der Waals surface area contributed by atoms with Crippen LogP contribution in [0.2, 0.25) is 0 Å². The third-order valence-corrected chi connectivity index (χ3v) is 5.59. The summed E-state index contributed by atoms with van der Waals surface area (Å²) in [6.07, 6.45) is 6.41. The third-order valence-electron chi connectivity index (χ3n) is 5.59. The lowest BCUT2D eigenvalue weighted by Crippen LogP contribution is -2.26. The molecule has 1 saturated heterocycles. The Labute approximate surface area is 169 Å². The molecular formula is C23H21N5O. The Morgan fingerprint density at radius 2 is 2.14 bits per heavy atom. The summed E-state index contributed by atoms with van der Waals surface area (Å²) < 4.78 is 8.16. The van der Waals surface area contributed by atoms with E-state index in [4.69, 9.17) is 16.3 Å². The fourth-order valence-corrected chi connectivity index (χ4v) is 4.27. The minimum absolute atomic E-state index is 0.209. The Bertz CT molecular complexity index is 1220. The van der Waals surface area contributed by atoms with Crippen LogP contribution in [-0.4, -0.2) is 32.2 Å². The number of benzene rings is 1. The number of nitrogens with zero attached hydrogens (tertiary/aromatic N) is 5. The van der Waals surface area contributed by atoms with Crippen molar-refractivity contribution in [3.63, 3.8) is 0 Å². The van der Waals surface area contributed by atoms with Crippen LogP contribution in [0.5, 0.6) is 0 Å². The van der Waals surface area contributed by atoms with Crippen molar-refractivity contribution in [1.82, 2.24) is 19.5 Å². The maximum absolute atomic E-state index is 7.41. The Morgan fingerprint density at radius 3 is 2.93 bits per heavy atom. The van der Waals surface area contributed by atoms with Gasteiger partial charge < -0.3 is 9.30 Å². The lowest BCUT2D eigenvalue weighted by atomic mass is 10.0. The summed E-state index contributed by atoms with van der Waals surface area (Å²) in [5.74, 6) is 0.986. The van der Waals surface area contributed by atoms with E-state index < -0.39 is 0 Å². The molecule has 4 aromatic rings. The van der Waals surface area contributed by atoms with Gasteiger partial charge in [0.2, 0.25) is 0 Å². The molecule has 5 rings (SSSR count). The maximum atomic E-state index is 7.41. The average Bonchev–Trinajstić information content (AvgIpc) is 3.12. The van der Waals surface area contributed by atoms with Gasteiger partial charge in [-0.05, 0) is 44.0 Å². The summed E-state index contributed by atoms with van der Waals surface area (Å²) in [7, 11) is 0. The second kappa shape index (κ2) is 7.26. The van der Waals surface area contributed by atoms with E-state index in [-0.39, 0.29) is 6.10 Å². The zero-order chi connectivity index (χ0) is 19.8. The normalized spacial score (nSPS) is 19.4. The number of rotatable bonds is 3. The fraction of sp³-hybridized carbons (Fsp3) is 0.304. The monoisotopic (exact) mass is 383 g/mol. The molecule has 0 aliphatic carbocycles. The summed E-state index contributed by atoms with van der Waals surface area (Å²) >= 11 is 0. The Hall–Kier alpha value is -3.30. The van der Waals surface area contributed by atoms with E-state index in [1.54, 1.807) is 0 Å². The van der Waals surface area contributed by atoms with Gasteiger partial charge in [0.15, 0.2) is 5.69 Å². The number of ether oxygens (including phenoxy) is 1. The fourth-order valence-electron chi connectivity index (χ4n) is 4.27. The van der Waals surface area contributed by atoms with E-state index >= 15 is 0 Å². The minimum atomic E-state index is 0.209. The van der Waals surface area contributed by atoms with Crippen LogP contribution in [0.4, 0.5) is 5.69 Å². The molecule has 1 aromatic carbocycles. The van der Waals surface area contributed by atoms with Crippen molar-refractivity contribution in [2.24, 2.45) is 0 Å². The number of imidazole rings is 1. The van der Waals surface area contributed by atoms with Crippen molar-refractivity contribution in [2.45, 2.75) is 38.3 Å². The summed E-state index contributed by atoms with van der Waals surface area (Å²) in [4.78, 5) is 17.7. The third kappa shape index (κ3) is 3.24. The molecule has 0 radical (unpaired) electrons. The molecule has 0 unspecified atom stereocenters. The van der Waals surface area contributed by atoms with Crippen molar-refractivity contribution < 1.29 is 4.74 Å². The molecule has 29 heavy (non-hydrogen) atoms. The van der Waals surface area contributed by atoms with Gasteiger partial charge in [-0.3, -0.25) is 9.97 Å². The molecule has 1 aliphatic heterocycles. The van der Waals surface area contributed by atoms with E-state index in [0.29, 0.717) is 18.2 Å². The number of pyridine rings is 2. The van der Waals surface area contributed by atoms with Crippen LogP contribution >= 0.6 is 0 Å². The zero-order valence-corrected chi connectivity index (χ0v) is 16.2. The van der Waals surface area contributed by atoms with E-state index in [0.717, 1.165) is 52.9 Å². The Morgan fingerprint density at radius 1 is 1.21 bits per heavy atom. The molecular weight excluding hydrogens is 362 g/mol. The molecule has 0 N–H and O–H groups in total. The van der Waals surface area contributed by atoms with E-state index in [9.17, 15) is 0 Å². The number of aromatic nitrogens is 4. The van der Waals surface area contributed by atoms with Crippen molar-refractivity contribution in [3.8, 4) is 0 Å². The summed E-state index contributed by atoms with van der Waals surface area (Å²) in [6, 6.07) is 11.9. The molecule has 3 aromatic heterocycles. The Balaban J connectivity index is 1.76. The van der Waals surface area contributed by atoms with Crippen LogP contribution in [0.25, 0.3) is 26.8 Å². The van der Waals surface area contributed by atoms with Gasteiger partial charge in [0, 0.05) is 36.3 Å². The van der Waals surface area contributed by atoms with Crippen LogP contribution in [0, 0.1) is 6.57 Å². The van der Waals surface area contributed by atoms with Gasteiger partial charge in [-0.15, -0.1) is 0 Å². The lowest BCUT2D eigenvalue weighted by molar-refractivity contribution is 0.00631. The van der Waals surface area contributed by atoms with Gasteiger partial charge in [-0.2, -0.15) is 0 Å².